The third-order valence-electron chi connectivity index (χ3n) is 4.38. The van der Waals surface area contributed by atoms with E-state index in [0.29, 0.717) is 0 Å². The van der Waals surface area contributed by atoms with Gasteiger partial charge in [-0.25, -0.2) is 0 Å². The molecule has 4 heteroatoms. The summed E-state index contributed by atoms with van der Waals surface area (Å²) in [6.07, 6.45) is 0.753. The molecule has 0 spiro atoms. The van der Waals surface area contributed by atoms with E-state index in [2.05, 4.69) is 58.5 Å². The predicted molar refractivity (Wildman–Crippen MR) is 111 cm³/mol. The Morgan fingerprint density at radius 3 is 2.62 bits per heavy atom. The lowest BCUT2D eigenvalue weighted by Crippen LogP contribution is -2.35. The van der Waals surface area contributed by atoms with Gasteiger partial charge in [0.1, 0.15) is 4.99 Å². The highest BCUT2D eigenvalue weighted by atomic mass is 32.1. The lowest BCUT2D eigenvalue weighted by atomic mass is 10.1. The van der Waals surface area contributed by atoms with Crippen LogP contribution in [-0.2, 0) is 17.7 Å². The van der Waals surface area contributed by atoms with Crippen molar-refractivity contribution in [3.63, 3.8) is 0 Å². The van der Waals surface area contributed by atoms with E-state index in [1.807, 2.05) is 19.1 Å². The van der Waals surface area contributed by atoms with E-state index in [4.69, 9.17) is 17.0 Å². The number of hydrogen-bond acceptors (Lipinski definition) is 3. The molecule has 2 aromatic carbocycles. The maximum Gasteiger partial charge on any atom is 0.110 e. The van der Waals surface area contributed by atoms with Crippen LogP contribution in [0.3, 0.4) is 0 Å². The second-order valence-electron chi connectivity index (χ2n) is 6.34. The van der Waals surface area contributed by atoms with Crippen LogP contribution in [0.2, 0.25) is 0 Å². The smallest absolute Gasteiger partial charge is 0.110 e. The second kappa shape index (κ2) is 9.49. The van der Waals surface area contributed by atoms with Gasteiger partial charge in [-0.2, -0.15) is 0 Å². The summed E-state index contributed by atoms with van der Waals surface area (Å²) < 4.78 is 5.40. The molecule has 0 bridgehead atoms. The maximum atomic E-state index is 5.57. The molecule has 0 amide bonds. The quantitative estimate of drug-likeness (QED) is 0.643. The minimum Gasteiger partial charge on any atom is -0.379 e. The molecule has 3 rings (SSSR count). The van der Waals surface area contributed by atoms with Crippen LogP contribution < -0.4 is 5.32 Å². The number of nitrogens with zero attached hydrogens (tertiary/aromatic N) is 1. The molecule has 1 aliphatic rings. The zero-order chi connectivity index (χ0) is 18.2. The van der Waals surface area contributed by atoms with Crippen LogP contribution in [0.4, 0.5) is 5.69 Å². The van der Waals surface area contributed by atoms with Gasteiger partial charge in [0.25, 0.3) is 0 Å². The van der Waals surface area contributed by atoms with Crippen molar-refractivity contribution in [2.75, 3.05) is 31.6 Å². The van der Waals surface area contributed by atoms with Gasteiger partial charge in [-0.05, 0) is 36.2 Å². The summed E-state index contributed by atoms with van der Waals surface area (Å²) in [6.45, 7) is 6.49. The summed E-state index contributed by atoms with van der Waals surface area (Å²) in [7, 11) is 0. The Hall–Kier alpha value is -2.19. The molecule has 0 radical (unpaired) electrons. The summed E-state index contributed by atoms with van der Waals surface area (Å²) in [4.78, 5) is 3.15. The van der Waals surface area contributed by atoms with Crippen molar-refractivity contribution in [2.24, 2.45) is 0 Å². The molecule has 0 atom stereocenters. The predicted octanol–water partition coefficient (Wildman–Crippen LogP) is 3.87. The van der Waals surface area contributed by atoms with E-state index in [1.165, 1.54) is 11.1 Å². The molecule has 0 saturated carbocycles. The van der Waals surface area contributed by atoms with Gasteiger partial charge in [-0.1, -0.05) is 48.5 Å². The largest absolute Gasteiger partial charge is 0.379 e. The van der Waals surface area contributed by atoms with Crippen LogP contribution in [0, 0.1) is 11.8 Å². The third-order valence-corrected chi connectivity index (χ3v) is 4.72. The summed E-state index contributed by atoms with van der Waals surface area (Å²) >= 11 is 5.57. The number of hydrogen-bond donors (Lipinski definition) is 1. The van der Waals surface area contributed by atoms with E-state index in [0.717, 1.165) is 55.5 Å². The zero-order valence-electron chi connectivity index (χ0n) is 15.1. The highest BCUT2D eigenvalue weighted by molar-refractivity contribution is 7.81. The van der Waals surface area contributed by atoms with Crippen LogP contribution in [0.15, 0.2) is 48.5 Å². The normalized spacial score (nSPS) is 14.3. The topological polar surface area (TPSA) is 24.5 Å². The molecule has 1 heterocycles. The van der Waals surface area contributed by atoms with Crippen molar-refractivity contribution >= 4 is 22.9 Å². The van der Waals surface area contributed by atoms with Crippen molar-refractivity contribution in [2.45, 2.75) is 19.9 Å². The van der Waals surface area contributed by atoms with Crippen LogP contribution in [0.1, 0.15) is 23.6 Å². The fourth-order valence-corrected chi connectivity index (χ4v) is 3.17. The van der Waals surface area contributed by atoms with Crippen molar-refractivity contribution in [3.8, 4) is 11.8 Å². The lowest BCUT2D eigenvalue weighted by Gasteiger charge is -2.26. The summed E-state index contributed by atoms with van der Waals surface area (Å²) in [6, 6.07) is 16.8. The van der Waals surface area contributed by atoms with E-state index in [1.54, 1.807) is 0 Å². The minimum atomic E-state index is 0.734. The Bertz CT molecular complexity index is 799. The molecular weight excluding hydrogens is 340 g/mol. The number of morpholine rings is 1. The van der Waals surface area contributed by atoms with Crippen LogP contribution in [0.25, 0.3) is 0 Å². The molecule has 0 aliphatic carbocycles. The molecule has 3 nitrogen and oxygen atoms in total. The van der Waals surface area contributed by atoms with E-state index >= 15 is 0 Å². The van der Waals surface area contributed by atoms with Crippen LogP contribution in [-0.4, -0.2) is 36.2 Å². The van der Waals surface area contributed by atoms with Crippen LogP contribution in [0.5, 0.6) is 0 Å². The molecule has 0 unspecified atom stereocenters. The van der Waals surface area contributed by atoms with Gasteiger partial charge in [0, 0.05) is 37.3 Å². The van der Waals surface area contributed by atoms with Gasteiger partial charge in [0.15, 0.2) is 0 Å². The minimum absolute atomic E-state index is 0.734. The standard InChI is InChI=1S/C22H24N2OS/c1-2-3-5-18-6-4-7-20(16-18)22(26)23-21-10-8-19(9-11-21)17-24-12-14-25-15-13-24/h4,6-11,16H,5,12-15,17H2,1H3,(H,23,26). The number of nitrogens with one attached hydrogen (secondary N) is 1. The van der Waals surface area contributed by atoms with Gasteiger partial charge in [-0.3, -0.25) is 4.90 Å². The number of anilines is 1. The Morgan fingerprint density at radius 2 is 1.88 bits per heavy atom. The number of ether oxygens (including phenoxy) is 1. The molecule has 0 aromatic heterocycles. The monoisotopic (exact) mass is 364 g/mol. The Kier molecular flexibility index (Phi) is 6.79. The lowest BCUT2D eigenvalue weighted by molar-refractivity contribution is 0.0342. The summed E-state index contributed by atoms with van der Waals surface area (Å²) in [5, 5.41) is 3.33. The molecule has 26 heavy (non-hydrogen) atoms. The van der Waals surface area contributed by atoms with Crippen molar-refractivity contribution < 1.29 is 4.74 Å². The fourth-order valence-electron chi connectivity index (χ4n) is 2.93. The van der Waals surface area contributed by atoms with Crippen molar-refractivity contribution in [1.82, 2.24) is 4.90 Å². The number of benzene rings is 2. The SMILES string of the molecule is CC#CCc1cccc(C(=S)Nc2ccc(CN3CCOCC3)cc2)c1. The highest BCUT2D eigenvalue weighted by Crippen LogP contribution is 2.15. The molecule has 134 valence electrons. The second-order valence-corrected chi connectivity index (χ2v) is 6.75. The first-order chi connectivity index (χ1) is 12.7. The van der Waals surface area contributed by atoms with E-state index in [9.17, 15) is 0 Å². The first-order valence-electron chi connectivity index (χ1n) is 8.93. The molecule has 1 N–H and O–H groups in total. The van der Waals surface area contributed by atoms with Crippen LogP contribution >= 0.6 is 12.2 Å². The first-order valence-corrected chi connectivity index (χ1v) is 9.34. The average molecular weight is 365 g/mol. The van der Waals surface area contributed by atoms with E-state index < -0.39 is 0 Å². The molecule has 1 aliphatic heterocycles. The van der Waals surface area contributed by atoms with E-state index in [-0.39, 0.29) is 0 Å². The van der Waals surface area contributed by atoms with Gasteiger partial charge in [0.2, 0.25) is 0 Å². The molecule has 1 saturated heterocycles. The van der Waals surface area contributed by atoms with Crippen molar-refractivity contribution in [1.29, 1.82) is 0 Å². The Morgan fingerprint density at radius 1 is 1.12 bits per heavy atom. The maximum absolute atomic E-state index is 5.57. The van der Waals surface area contributed by atoms with Gasteiger partial charge in [0.05, 0.1) is 13.2 Å². The Labute approximate surface area is 161 Å². The highest BCUT2D eigenvalue weighted by Gasteiger charge is 2.10. The number of rotatable bonds is 5. The van der Waals surface area contributed by atoms with Gasteiger partial charge >= 0.3 is 0 Å². The number of thiocarbonyl (C=S) groups is 1. The summed E-state index contributed by atoms with van der Waals surface area (Å²) in [5.41, 5.74) is 4.53. The van der Waals surface area contributed by atoms with Crippen molar-refractivity contribution in [3.05, 3.63) is 65.2 Å². The molecule has 2 aromatic rings. The third kappa shape index (κ3) is 5.40. The zero-order valence-corrected chi connectivity index (χ0v) is 15.9. The fraction of sp³-hybridized carbons (Fsp3) is 0.318. The first kappa shape index (κ1) is 18.6. The van der Waals surface area contributed by atoms with Gasteiger partial charge in [-0.15, -0.1) is 5.92 Å². The molecular formula is C22H24N2OS. The summed E-state index contributed by atoms with van der Waals surface area (Å²) in [5.74, 6) is 6.02. The Balaban J connectivity index is 1.59. The van der Waals surface area contributed by atoms with Gasteiger partial charge < -0.3 is 10.1 Å². The molecule has 1 fully saturated rings. The average Bonchev–Trinajstić information content (AvgIpc) is 2.69.